The van der Waals surface area contributed by atoms with Crippen LogP contribution in [0.3, 0.4) is 0 Å². The Morgan fingerprint density at radius 3 is 2.13 bits per heavy atom. The minimum Gasteiger partial charge on any atom is -0.494 e. The van der Waals surface area contributed by atoms with Crippen LogP contribution in [0.2, 0.25) is 0 Å². The van der Waals surface area contributed by atoms with Crippen LogP contribution < -0.4 is 14.8 Å². The standard InChI is InChI=1S/C23H24N2O4S2/c1-3-29-20-10-6-18(7-11-20)24-23(26)16-30-21-12-8-19(9-13-21)25-31(27,28)22-14-4-17(2)5-15-22/h4-15,25H,3,16H2,1-2H3,(H,24,26). The van der Waals surface area contributed by atoms with Gasteiger partial charge in [0.25, 0.3) is 10.0 Å². The maximum Gasteiger partial charge on any atom is 0.261 e. The number of nitrogens with one attached hydrogen (secondary N) is 2. The van der Waals surface area contributed by atoms with Crippen molar-refractivity contribution in [2.75, 3.05) is 22.4 Å². The van der Waals surface area contributed by atoms with Crippen LogP contribution in [0, 0.1) is 6.92 Å². The molecule has 3 aromatic carbocycles. The highest BCUT2D eigenvalue weighted by atomic mass is 32.2. The fourth-order valence-electron chi connectivity index (χ4n) is 2.70. The molecule has 0 spiro atoms. The van der Waals surface area contributed by atoms with Gasteiger partial charge >= 0.3 is 0 Å². The predicted octanol–water partition coefficient (Wildman–Crippen LogP) is 4.93. The monoisotopic (exact) mass is 456 g/mol. The van der Waals surface area contributed by atoms with Gasteiger partial charge in [-0.2, -0.15) is 0 Å². The first-order valence-electron chi connectivity index (χ1n) is 9.71. The Hall–Kier alpha value is -2.97. The molecule has 1 amide bonds. The number of hydrogen-bond acceptors (Lipinski definition) is 5. The number of thioether (sulfide) groups is 1. The van der Waals surface area contributed by atoms with E-state index in [9.17, 15) is 13.2 Å². The number of carbonyl (C=O) groups is 1. The molecular weight excluding hydrogens is 432 g/mol. The summed E-state index contributed by atoms with van der Waals surface area (Å²) in [7, 11) is -3.64. The van der Waals surface area contributed by atoms with E-state index >= 15 is 0 Å². The summed E-state index contributed by atoms with van der Waals surface area (Å²) >= 11 is 1.37. The molecule has 0 atom stereocenters. The molecule has 2 N–H and O–H groups in total. The lowest BCUT2D eigenvalue weighted by atomic mass is 10.2. The van der Waals surface area contributed by atoms with Gasteiger partial charge in [0, 0.05) is 16.3 Å². The van der Waals surface area contributed by atoms with Crippen molar-refractivity contribution in [3.63, 3.8) is 0 Å². The minimum absolute atomic E-state index is 0.127. The topological polar surface area (TPSA) is 84.5 Å². The highest BCUT2D eigenvalue weighted by Gasteiger charge is 2.13. The van der Waals surface area contributed by atoms with Gasteiger partial charge in [0.2, 0.25) is 5.91 Å². The molecule has 0 unspecified atom stereocenters. The number of aryl methyl sites for hydroxylation is 1. The van der Waals surface area contributed by atoms with Crippen molar-refractivity contribution in [1.82, 2.24) is 0 Å². The quantitative estimate of drug-likeness (QED) is 0.446. The van der Waals surface area contributed by atoms with Crippen molar-refractivity contribution in [3.8, 4) is 5.75 Å². The smallest absolute Gasteiger partial charge is 0.261 e. The van der Waals surface area contributed by atoms with E-state index in [2.05, 4.69) is 10.0 Å². The first kappa shape index (κ1) is 22.7. The zero-order chi connectivity index (χ0) is 22.3. The molecule has 3 aromatic rings. The second kappa shape index (κ2) is 10.4. The highest BCUT2D eigenvalue weighted by molar-refractivity contribution is 8.00. The van der Waals surface area contributed by atoms with E-state index in [4.69, 9.17) is 4.74 Å². The van der Waals surface area contributed by atoms with Crippen LogP contribution in [-0.2, 0) is 14.8 Å². The van der Waals surface area contributed by atoms with Crippen LogP contribution in [0.15, 0.2) is 82.6 Å². The number of carbonyl (C=O) groups excluding carboxylic acids is 1. The molecule has 3 rings (SSSR count). The summed E-state index contributed by atoms with van der Waals surface area (Å²) in [5.41, 5.74) is 2.16. The SMILES string of the molecule is CCOc1ccc(NC(=O)CSc2ccc(NS(=O)(=O)c3ccc(C)cc3)cc2)cc1. The summed E-state index contributed by atoms with van der Waals surface area (Å²) in [6.45, 7) is 4.41. The fourth-order valence-corrected chi connectivity index (χ4v) is 4.45. The first-order valence-corrected chi connectivity index (χ1v) is 12.2. The van der Waals surface area contributed by atoms with Gasteiger partial charge in [-0.05, 0) is 74.5 Å². The number of hydrogen-bond donors (Lipinski definition) is 2. The van der Waals surface area contributed by atoms with E-state index < -0.39 is 10.0 Å². The average molecular weight is 457 g/mol. The molecule has 6 nitrogen and oxygen atoms in total. The predicted molar refractivity (Wildman–Crippen MR) is 125 cm³/mol. The van der Waals surface area contributed by atoms with E-state index in [0.717, 1.165) is 16.2 Å². The number of rotatable bonds is 9. The third kappa shape index (κ3) is 6.77. The van der Waals surface area contributed by atoms with Crippen LogP contribution in [0.25, 0.3) is 0 Å². The maximum atomic E-state index is 12.5. The highest BCUT2D eigenvalue weighted by Crippen LogP contribution is 2.23. The first-order chi connectivity index (χ1) is 14.9. The lowest BCUT2D eigenvalue weighted by Crippen LogP contribution is -2.14. The normalized spacial score (nSPS) is 11.0. The number of anilines is 2. The van der Waals surface area contributed by atoms with Crippen LogP contribution in [0.1, 0.15) is 12.5 Å². The summed E-state index contributed by atoms with van der Waals surface area (Å²) in [4.78, 5) is 13.2. The Balaban J connectivity index is 1.52. The summed E-state index contributed by atoms with van der Waals surface area (Å²) in [6, 6.07) is 20.8. The maximum absolute atomic E-state index is 12.5. The van der Waals surface area contributed by atoms with Crippen molar-refractivity contribution >= 4 is 39.1 Å². The van der Waals surface area contributed by atoms with Crippen molar-refractivity contribution in [2.24, 2.45) is 0 Å². The Labute approximate surface area is 187 Å². The molecule has 0 saturated carbocycles. The number of amides is 1. The van der Waals surface area contributed by atoms with Gasteiger partial charge in [0.15, 0.2) is 0 Å². The molecule has 0 aliphatic rings. The Kier molecular flexibility index (Phi) is 7.59. The summed E-state index contributed by atoms with van der Waals surface area (Å²) < 4.78 is 32.9. The molecule has 162 valence electrons. The molecule has 0 aliphatic heterocycles. The van der Waals surface area contributed by atoms with Crippen LogP contribution >= 0.6 is 11.8 Å². The van der Waals surface area contributed by atoms with Crippen LogP contribution in [0.5, 0.6) is 5.75 Å². The second-order valence-corrected chi connectivity index (χ2v) is 9.47. The van der Waals surface area contributed by atoms with Crippen molar-refractivity contribution < 1.29 is 17.9 Å². The average Bonchev–Trinajstić information content (AvgIpc) is 2.75. The van der Waals surface area contributed by atoms with Gasteiger partial charge in [-0.25, -0.2) is 8.42 Å². The third-order valence-corrected chi connectivity index (χ3v) is 6.67. The van der Waals surface area contributed by atoms with Crippen LogP contribution in [-0.4, -0.2) is 26.7 Å². The van der Waals surface area contributed by atoms with Crippen LogP contribution in [0.4, 0.5) is 11.4 Å². The summed E-state index contributed by atoms with van der Waals surface area (Å²) in [6.07, 6.45) is 0. The lowest BCUT2D eigenvalue weighted by molar-refractivity contribution is -0.113. The summed E-state index contributed by atoms with van der Waals surface area (Å²) in [5.74, 6) is 0.869. The molecule has 0 bridgehead atoms. The molecule has 8 heteroatoms. The van der Waals surface area contributed by atoms with Crippen molar-refractivity contribution in [2.45, 2.75) is 23.6 Å². The molecule has 0 saturated heterocycles. The van der Waals surface area contributed by atoms with Gasteiger partial charge in [-0.3, -0.25) is 9.52 Å². The Morgan fingerprint density at radius 2 is 1.52 bits per heavy atom. The van der Waals surface area contributed by atoms with E-state index in [-0.39, 0.29) is 16.6 Å². The molecule has 0 radical (unpaired) electrons. The number of ether oxygens (including phenoxy) is 1. The zero-order valence-corrected chi connectivity index (χ0v) is 18.9. The minimum atomic E-state index is -3.64. The van der Waals surface area contributed by atoms with Crippen molar-refractivity contribution in [3.05, 3.63) is 78.4 Å². The zero-order valence-electron chi connectivity index (χ0n) is 17.3. The van der Waals surface area contributed by atoms with Gasteiger partial charge in [0.1, 0.15) is 5.75 Å². The van der Waals surface area contributed by atoms with E-state index in [1.165, 1.54) is 11.8 Å². The Morgan fingerprint density at radius 1 is 0.903 bits per heavy atom. The van der Waals surface area contributed by atoms with Gasteiger partial charge < -0.3 is 10.1 Å². The number of sulfonamides is 1. The largest absolute Gasteiger partial charge is 0.494 e. The van der Waals surface area contributed by atoms with Gasteiger partial charge in [-0.15, -0.1) is 11.8 Å². The van der Waals surface area contributed by atoms with E-state index in [1.54, 1.807) is 60.7 Å². The fraction of sp³-hybridized carbons (Fsp3) is 0.174. The van der Waals surface area contributed by atoms with E-state index in [1.807, 2.05) is 26.0 Å². The van der Waals surface area contributed by atoms with Gasteiger partial charge in [-0.1, -0.05) is 17.7 Å². The molecule has 0 aromatic heterocycles. The van der Waals surface area contributed by atoms with E-state index in [0.29, 0.717) is 18.0 Å². The lowest BCUT2D eigenvalue weighted by Gasteiger charge is -2.09. The van der Waals surface area contributed by atoms with Gasteiger partial charge in [0.05, 0.1) is 17.3 Å². The number of benzene rings is 3. The second-order valence-electron chi connectivity index (χ2n) is 6.74. The molecule has 0 fully saturated rings. The molecule has 0 heterocycles. The molecule has 31 heavy (non-hydrogen) atoms. The Bertz CT molecular complexity index is 1110. The molecule has 0 aliphatic carbocycles. The summed E-state index contributed by atoms with van der Waals surface area (Å²) in [5, 5.41) is 2.84. The third-order valence-electron chi connectivity index (χ3n) is 4.26. The molecular formula is C23H24N2O4S2. The van der Waals surface area contributed by atoms with Crippen molar-refractivity contribution in [1.29, 1.82) is 0 Å².